The van der Waals surface area contributed by atoms with Crippen LogP contribution in [-0.4, -0.2) is 30.8 Å². The predicted molar refractivity (Wildman–Crippen MR) is 127 cm³/mol. The SMILES string of the molecule is CC1=C(C(=O)Nc2cccc(C)n2)[C@@H](c2ccc(N(C)C)cc2)C2=C(C[C@@H](C)CC2=O)N1. The van der Waals surface area contributed by atoms with Gasteiger partial charge in [-0.1, -0.05) is 25.1 Å². The molecule has 32 heavy (non-hydrogen) atoms. The molecule has 1 aromatic heterocycles. The van der Waals surface area contributed by atoms with Crippen LogP contribution in [0.3, 0.4) is 0 Å². The van der Waals surface area contributed by atoms with Crippen molar-refractivity contribution in [2.45, 2.75) is 39.5 Å². The number of rotatable bonds is 4. The largest absolute Gasteiger partial charge is 0.378 e. The summed E-state index contributed by atoms with van der Waals surface area (Å²) in [4.78, 5) is 33.1. The Kier molecular flexibility index (Phi) is 5.87. The van der Waals surface area contributed by atoms with E-state index < -0.39 is 5.92 Å². The number of allylic oxidation sites excluding steroid dienone is 3. The Balaban J connectivity index is 1.78. The van der Waals surface area contributed by atoms with Crippen molar-refractivity contribution in [3.63, 3.8) is 0 Å². The first-order valence-corrected chi connectivity index (χ1v) is 11.0. The molecule has 4 rings (SSSR count). The van der Waals surface area contributed by atoms with Crippen LogP contribution >= 0.6 is 0 Å². The number of nitrogens with one attached hydrogen (secondary N) is 2. The van der Waals surface area contributed by atoms with Gasteiger partial charge in [0.15, 0.2) is 5.78 Å². The monoisotopic (exact) mass is 430 g/mol. The molecule has 0 fully saturated rings. The van der Waals surface area contributed by atoms with Gasteiger partial charge in [0.25, 0.3) is 5.91 Å². The molecule has 2 aliphatic rings. The van der Waals surface area contributed by atoms with Gasteiger partial charge in [-0.15, -0.1) is 0 Å². The van der Waals surface area contributed by atoms with Crippen LogP contribution in [0.1, 0.15) is 43.9 Å². The average molecular weight is 431 g/mol. The first-order chi connectivity index (χ1) is 15.2. The number of carbonyl (C=O) groups excluding carboxylic acids is 2. The highest BCUT2D eigenvalue weighted by atomic mass is 16.2. The standard InChI is InChI=1S/C26H30N4O2/c1-15-13-20-25(21(31)14-15)24(18-9-11-19(12-10-18)30(4)5)23(17(3)28-20)26(32)29-22-8-6-7-16(2)27-22/h6-12,15,24,28H,13-14H2,1-5H3,(H,27,29,32)/t15-,24-/m1/s1. The lowest BCUT2D eigenvalue weighted by atomic mass is 9.73. The van der Waals surface area contributed by atoms with Crippen molar-refractivity contribution in [1.29, 1.82) is 0 Å². The van der Waals surface area contributed by atoms with Gasteiger partial charge in [0, 0.05) is 60.4 Å². The topological polar surface area (TPSA) is 74.3 Å². The molecule has 6 nitrogen and oxygen atoms in total. The number of dihydropyridines is 1. The first kappa shape index (κ1) is 21.8. The molecule has 2 heterocycles. The Morgan fingerprint density at radius 1 is 1.09 bits per heavy atom. The van der Waals surface area contributed by atoms with Gasteiger partial charge < -0.3 is 15.5 Å². The molecule has 0 saturated heterocycles. The minimum atomic E-state index is -0.410. The number of hydrogen-bond acceptors (Lipinski definition) is 5. The molecule has 6 heteroatoms. The molecule has 166 valence electrons. The van der Waals surface area contributed by atoms with Crippen molar-refractivity contribution in [2.75, 3.05) is 24.3 Å². The Morgan fingerprint density at radius 3 is 2.47 bits per heavy atom. The maximum atomic E-state index is 13.5. The normalized spacial score (nSPS) is 20.6. The number of Topliss-reactive ketones (excluding diaryl/α,β-unsaturated/α-hetero) is 1. The van der Waals surface area contributed by atoms with Gasteiger partial charge in [0.05, 0.1) is 0 Å². The molecule has 1 aliphatic heterocycles. The van der Waals surface area contributed by atoms with E-state index in [0.29, 0.717) is 23.4 Å². The van der Waals surface area contributed by atoms with Crippen LogP contribution in [0.4, 0.5) is 11.5 Å². The van der Waals surface area contributed by atoms with Gasteiger partial charge in [0.2, 0.25) is 0 Å². The summed E-state index contributed by atoms with van der Waals surface area (Å²) in [7, 11) is 3.98. The van der Waals surface area contributed by atoms with E-state index in [1.54, 1.807) is 6.07 Å². The Hall–Kier alpha value is -3.41. The van der Waals surface area contributed by atoms with E-state index in [0.717, 1.165) is 34.8 Å². The summed E-state index contributed by atoms with van der Waals surface area (Å²) in [5.74, 6) is 0.241. The highest BCUT2D eigenvalue weighted by Gasteiger charge is 2.39. The number of anilines is 2. The van der Waals surface area contributed by atoms with E-state index in [1.165, 1.54) is 0 Å². The summed E-state index contributed by atoms with van der Waals surface area (Å²) >= 11 is 0. The number of benzene rings is 1. The number of aryl methyl sites for hydroxylation is 1. The number of carbonyl (C=O) groups is 2. The lowest BCUT2D eigenvalue weighted by molar-refractivity contribution is -0.117. The van der Waals surface area contributed by atoms with E-state index >= 15 is 0 Å². The second-order valence-corrected chi connectivity index (χ2v) is 9.03. The maximum absolute atomic E-state index is 13.5. The molecule has 0 unspecified atom stereocenters. The number of amides is 1. The van der Waals surface area contributed by atoms with Gasteiger partial charge >= 0.3 is 0 Å². The highest BCUT2D eigenvalue weighted by molar-refractivity contribution is 6.09. The summed E-state index contributed by atoms with van der Waals surface area (Å²) in [6.45, 7) is 5.89. The molecule has 0 saturated carbocycles. The lowest BCUT2D eigenvalue weighted by Gasteiger charge is -2.36. The van der Waals surface area contributed by atoms with Crippen LogP contribution in [0.5, 0.6) is 0 Å². The van der Waals surface area contributed by atoms with Crippen molar-refractivity contribution in [2.24, 2.45) is 5.92 Å². The smallest absolute Gasteiger partial charge is 0.255 e. The zero-order valence-electron chi connectivity index (χ0n) is 19.3. The zero-order chi connectivity index (χ0) is 23.0. The third-order valence-electron chi connectivity index (χ3n) is 6.15. The van der Waals surface area contributed by atoms with Crippen molar-refractivity contribution in [3.8, 4) is 0 Å². The van der Waals surface area contributed by atoms with Crippen molar-refractivity contribution in [1.82, 2.24) is 10.3 Å². The molecule has 1 aliphatic carbocycles. The number of hydrogen-bond donors (Lipinski definition) is 2. The average Bonchev–Trinajstić information content (AvgIpc) is 2.72. The summed E-state index contributed by atoms with van der Waals surface area (Å²) in [5, 5.41) is 6.33. The molecular weight excluding hydrogens is 400 g/mol. The third kappa shape index (κ3) is 4.17. The minimum absolute atomic E-state index is 0.111. The fourth-order valence-electron chi connectivity index (χ4n) is 4.63. The van der Waals surface area contributed by atoms with Crippen LogP contribution in [0.15, 0.2) is 65.0 Å². The molecule has 1 amide bonds. The van der Waals surface area contributed by atoms with Crippen LogP contribution in [0.25, 0.3) is 0 Å². The van der Waals surface area contributed by atoms with Crippen LogP contribution in [0.2, 0.25) is 0 Å². The van der Waals surface area contributed by atoms with Crippen LogP contribution < -0.4 is 15.5 Å². The highest BCUT2D eigenvalue weighted by Crippen LogP contribution is 2.43. The van der Waals surface area contributed by atoms with Crippen molar-refractivity contribution < 1.29 is 9.59 Å². The fraction of sp³-hybridized carbons (Fsp3) is 0.346. The molecule has 2 N–H and O–H groups in total. The molecule has 2 atom stereocenters. The van der Waals surface area contributed by atoms with Crippen LogP contribution in [0, 0.1) is 12.8 Å². The van der Waals surface area contributed by atoms with E-state index in [-0.39, 0.29) is 17.6 Å². The van der Waals surface area contributed by atoms with Crippen LogP contribution in [-0.2, 0) is 9.59 Å². The fourth-order valence-corrected chi connectivity index (χ4v) is 4.63. The van der Waals surface area contributed by atoms with Crippen molar-refractivity contribution >= 4 is 23.2 Å². The molecular formula is C26H30N4O2. The molecule has 0 bridgehead atoms. The summed E-state index contributed by atoms with van der Waals surface area (Å²) in [6.07, 6.45) is 1.30. The first-order valence-electron chi connectivity index (χ1n) is 11.0. The lowest BCUT2D eigenvalue weighted by Crippen LogP contribution is -2.37. The second-order valence-electron chi connectivity index (χ2n) is 9.03. The van der Waals surface area contributed by atoms with Gasteiger partial charge in [-0.2, -0.15) is 0 Å². The second kappa shape index (κ2) is 8.61. The minimum Gasteiger partial charge on any atom is -0.378 e. The van der Waals surface area contributed by atoms with E-state index in [1.807, 2.05) is 69.2 Å². The van der Waals surface area contributed by atoms with Gasteiger partial charge in [-0.25, -0.2) is 4.98 Å². The van der Waals surface area contributed by atoms with Crippen molar-refractivity contribution in [3.05, 3.63) is 76.3 Å². The number of aromatic nitrogens is 1. The number of nitrogens with zero attached hydrogens (tertiary/aromatic N) is 2. The van der Waals surface area contributed by atoms with Gasteiger partial charge in [0.1, 0.15) is 5.82 Å². The molecule has 2 aromatic rings. The summed E-state index contributed by atoms with van der Waals surface area (Å²) in [5.41, 5.74) is 5.83. The quantitative estimate of drug-likeness (QED) is 0.756. The number of pyridine rings is 1. The molecule has 0 radical (unpaired) electrons. The summed E-state index contributed by atoms with van der Waals surface area (Å²) < 4.78 is 0. The van der Waals surface area contributed by atoms with E-state index in [9.17, 15) is 9.59 Å². The maximum Gasteiger partial charge on any atom is 0.255 e. The zero-order valence-corrected chi connectivity index (χ0v) is 19.3. The van der Waals surface area contributed by atoms with E-state index in [4.69, 9.17) is 0 Å². The van der Waals surface area contributed by atoms with Gasteiger partial charge in [-0.05, 0) is 56.0 Å². The Labute approximate surface area is 189 Å². The summed E-state index contributed by atoms with van der Waals surface area (Å²) in [6, 6.07) is 13.6. The Bertz CT molecular complexity index is 1130. The molecule has 0 spiro atoms. The number of ketones is 1. The third-order valence-corrected chi connectivity index (χ3v) is 6.15. The predicted octanol–water partition coefficient (Wildman–Crippen LogP) is 4.31. The van der Waals surface area contributed by atoms with E-state index in [2.05, 4.69) is 22.5 Å². The van der Waals surface area contributed by atoms with Gasteiger partial charge in [-0.3, -0.25) is 9.59 Å². The molecule has 1 aromatic carbocycles. The Morgan fingerprint density at radius 2 is 1.81 bits per heavy atom.